The van der Waals surface area contributed by atoms with Gasteiger partial charge < -0.3 is 9.84 Å². The first-order valence-electron chi connectivity index (χ1n) is 4.67. The lowest BCUT2D eigenvalue weighted by Gasteiger charge is -2.03. The van der Waals surface area contributed by atoms with Crippen LogP contribution >= 0.6 is 11.8 Å². The SMILES string of the molecule is COC(=O)c1ccc(SCC(=O)O)c([N+](=O)[O-])c1. The van der Waals surface area contributed by atoms with Crippen molar-refractivity contribution in [2.45, 2.75) is 4.90 Å². The van der Waals surface area contributed by atoms with Crippen LogP contribution in [0.2, 0.25) is 0 Å². The molecule has 0 spiro atoms. The van der Waals surface area contributed by atoms with E-state index in [2.05, 4.69) is 4.74 Å². The fraction of sp³-hybridized carbons (Fsp3) is 0.200. The van der Waals surface area contributed by atoms with Crippen molar-refractivity contribution in [2.24, 2.45) is 0 Å². The maximum Gasteiger partial charge on any atom is 0.338 e. The third kappa shape index (κ3) is 3.45. The second kappa shape index (κ2) is 6.01. The van der Waals surface area contributed by atoms with Crippen LogP contribution in [-0.4, -0.2) is 34.8 Å². The van der Waals surface area contributed by atoms with E-state index in [4.69, 9.17) is 5.11 Å². The van der Waals surface area contributed by atoms with Crippen LogP contribution in [-0.2, 0) is 9.53 Å². The summed E-state index contributed by atoms with van der Waals surface area (Å²) in [6, 6.07) is 3.75. The molecule has 0 aliphatic heterocycles. The van der Waals surface area contributed by atoms with Crippen molar-refractivity contribution in [3.63, 3.8) is 0 Å². The highest BCUT2D eigenvalue weighted by Crippen LogP contribution is 2.30. The molecule has 0 amide bonds. The number of aliphatic carboxylic acids is 1. The van der Waals surface area contributed by atoms with Gasteiger partial charge in [-0.2, -0.15) is 0 Å². The van der Waals surface area contributed by atoms with Gasteiger partial charge in [-0.3, -0.25) is 14.9 Å². The smallest absolute Gasteiger partial charge is 0.338 e. The molecule has 7 nitrogen and oxygen atoms in total. The van der Waals surface area contributed by atoms with Crippen LogP contribution in [0, 0.1) is 10.1 Å². The summed E-state index contributed by atoms with van der Waals surface area (Å²) in [7, 11) is 1.17. The average molecular weight is 271 g/mol. The van der Waals surface area contributed by atoms with Crippen LogP contribution in [0.5, 0.6) is 0 Å². The number of thioether (sulfide) groups is 1. The first-order chi connectivity index (χ1) is 8.45. The Hall–Kier alpha value is -2.09. The summed E-state index contributed by atoms with van der Waals surface area (Å²) in [6.45, 7) is 0. The summed E-state index contributed by atoms with van der Waals surface area (Å²) in [4.78, 5) is 32.0. The minimum absolute atomic E-state index is 0.0453. The number of carbonyl (C=O) groups is 2. The molecule has 0 heterocycles. The molecule has 0 radical (unpaired) electrons. The van der Waals surface area contributed by atoms with Crippen LogP contribution in [0.1, 0.15) is 10.4 Å². The van der Waals surface area contributed by atoms with Crippen LogP contribution in [0.4, 0.5) is 5.69 Å². The number of methoxy groups -OCH3 is 1. The number of ether oxygens (including phenoxy) is 1. The number of carboxylic acids is 1. The molecule has 0 saturated carbocycles. The molecule has 18 heavy (non-hydrogen) atoms. The summed E-state index contributed by atoms with van der Waals surface area (Å²) in [5.41, 5.74) is -0.270. The van der Waals surface area contributed by atoms with Crippen LogP contribution in [0.25, 0.3) is 0 Å². The van der Waals surface area contributed by atoms with E-state index in [1.807, 2.05) is 0 Å². The predicted octanol–water partition coefficient (Wildman–Crippen LogP) is 1.56. The molecule has 0 fully saturated rings. The molecule has 0 aliphatic rings. The Labute approximate surface area is 106 Å². The highest BCUT2D eigenvalue weighted by atomic mass is 32.2. The minimum Gasteiger partial charge on any atom is -0.481 e. The number of nitrogens with zero attached hydrogens (tertiary/aromatic N) is 1. The topological polar surface area (TPSA) is 107 Å². The Bertz CT molecular complexity index is 501. The fourth-order valence-electron chi connectivity index (χ4n) is 1.17. The Morgan fingerprint density at radius 3 is 2.67 bits per heavy atom. The van der Waals surface area contributed by atoms with Gasteiger partial charge in [0.25, 0.3) is 5.69 Å². The number of carbonyl (C=O) groups excluding carboxylic acids is 1. The molecule has 0 aliphatic carbocycles. The second-order valence-corrected chi connectivity index (χ2v) is 4.13. The van der Waals surface area contributed by atoms with Crippen molar-refractivity contribution in [2.75, 3.05) is 12.9 Å². The molecule has 0 bridgehead atoms. The van der Waals surface area contributed by atoms with Gasteiger partial charge in [0.05, 0.1) is 28.2 Å². The molecule has 1 aromatic carbocycles. The van der Waals surface area contributed by atoms with E-state index in [1.165, 1.54) is 19.2 Å². The summed E-state index contributed by atoms with van der Waals surface area (Å²) in [5.74, 6) is -2.06. The average Bonchev–Trinajstić information content (AvgIpc) is 2.34. The minimum atomic E-state index is -1.08. The first kappa shape index (κ1) is 14.0. The monoisotopic (exact) mass is 271 g/mol. The third-order valence-corrected chi connectivity index (χ3v) is 2.98. The van der Waals surface area contributed by atoms with Gasteiger partial charge in [0.1, 0.15) is 0 Å². The quantitative estimate of drug-likeness (QED) is 0.374. The van der Waals surface area contributed by atoms with E-state index in [0.717, 1.165) is 17.8 Å². The van der Waals surface area contributed by atoms with E-state index in [1.54, 1.807) is 0 Å². The van der Waals surface area contributed by atoms with Gasteiger partial charge in [0, 0.05) is 6.07 Å². The van der Waals surface area contributed by atoms with E-state index in [-0.39, 0.29) is 21.9 Å². The molecular weight excluding hydrogens is 262 g/mol. The maximum atomic E-state index is 11.2. The van der Waals surface area contributed by atoms with Gasteiger partial charge >= 0.3 is 11.9 Å². The number of nitro groups is 1. The Morgan fingerprint density at radius 2 is 2.17 bits per heavy atom. The van der Waals surface area contributed by atoms with Crippen LogP contribution in [0.15, 0.2) is 23.1 Å². The lowest BCUT2D eigenvalue weighted by atomic mass is 10.2. The fourth-order valence-corrected chi connectivity index (χ4v) is 1.89. The largest absolute Gasteiger partial charge is 0.481 e. The molecule has 1 N–H and O–H groups in total. The molecular formula is C10H9NO6S. The lowest BCUT2D eigenvalue weighted by molar-refractivity contribution is -0.387. The van der Waals surface area contributed by atoms with E-state index in [9.17, 15) is 19.7 Å². The zero-order valence-corrected chi connectivity index (χ0v) is 10.1. The van der Waals surface area contributed by atoms with Crippen molar-refractivity contribution in [3.8, 4) is 0 Å². The number of hydrogen-bond donors (Lipinski definition) is 1. The van der Waals surface area contributed by atoms with Crippen molar-refractivity contribution < 1.29 is 24.4 Å². The zero-order valence-electron chi connectivity index (χ0n) is 9.28. The maximum absolute atomic E-state index is 11.2. The van der Waals surface area contributed by atoms with Crippen molar-refractivity contribution in [3.05, 3.63) is 33.9 Å². The standard InChI is InChI=1S/C10H9NO6S/c1-17-10(14)6-2-3-8(18-5-9(12)13)7(4-6)11(15)16/h2-4H,5H2,1H3,(H,12,13). The van der Waals surface area contributed by atoms with Crippen LogP contribution < -0.4 is 0 Å². The number of benzene rings is 1. The molecule has 0 unspecified atom stereocenters. The Balaban J connectivity index is 3.08. The number of carboxylic acid groups (broad SMARTS) is 1. The van der Waals surface area contributed by atoms with Crippen LogP contribution in [0.3, 0.4) is 0 Å². The van der Waals surface area contributed by atoms with Crippen molar-refractivity contribution in [1.29, 1.82) is 0 Å². The molecule has 0 atom stereocenters. The van der Waals surface area contributed by atoms with Crippen molar-refractivity contribution in [1.82, 2.24) is 0 Å². The van der Waals surface area contributed by atoms with E-state index < -0.39 is 16.9 Å². The third-order valence-electron chi connectivity index (χ3n) is 1.93. The Kier molecular flexibility index (Phi) is 4.67. The predicted molar refractivity (Wildman–Crippen MR) is 62.8 cm³/mol. The van der Waals surface area contributed by atoms with Gasteiger partial charge in [-0.15, -0.1) is 11.8 Å². The van der Waals surface area contributed by atoms with E-state index in [0.29, 0.717) is 0 Å². The number of rotatable bonds is 5. The number of nitro benzene ring substituents is 1. The molecule has 96 valence electrons. The van der Waals surface area contributed by atoms with Gasteiger partial charge in [0.15, 0.2) is 0 Å². The highest BCUT2D eigenvalue weighted by molar-refractivity contribution is 8.00. The summed E-state index contributed by atoms with van der Waals surface area (Å²) < 4.78 is 4.45. The summed E-state index contributed by atoms with van der Waals surface area (Å²) >= 11 is 0.818. The van der Waals surface area contributed by atoms with Gasteiger partial charge in [-0.1, -0.05) is 0 Å². The Morgan fingerprint density at radius 1 is 1.50 bits per heavy atom. The molecule has 8 heteroatoms. The molecule has 1 aromatic rings. The molecule has 0 saturated heterocycles. The number of hydrogen-bond acceptors (Lipinski definition) is 6. The summed E-state index contributed by atoms with van der Waals surface area (Å²) in [5, 5.41) is 19.3. The lowest BCUT2D eigenvalue weighted by Crippen LogP contribution is -2.03. The zero-order chi connectivity index (χ0) is 13.7. The summed E-state index contributed by atoms with van der Waals surface area (Å²) in [6.07, 6.45) is 0. The normalized spacial score (nSPS) is 9.83. The molecule has 1 rings (SSSR count). The van der Waals surface area contributed by atoms with Gasteiger partial charge in [0.2, 0.25) is 0 Å². The molecule has 0 aromatic heterocycles. The highest BCUT2D eigenvalue weighted by Gasteiger charge is 2.18. The van der Waals surface area contributed by atoms with E-state index >= 15 is 0 Å². The first-order valence-corrected chi connectivity index (χ1v) is 5.65. The van der Waals surface area contributed by atoms with Crippen molar-refractivity contribution >= 4 is 29.4 Å². The van der Waals surface area contributed by atoms with Gasteiger partial charge in [-0.25, -0.2) is 4.79 Å². The second-order valence-electron chi connectivity index (χ2n) is 3.11. The number of esters is 1. The van der Waals surface area contributed by atoms with Gasteiger partial charge in [-0.05, 0) is 12.1 Å².